The van der Waals surface area contributed by atoms with Gasteiger partial charge in [-0.3, -0.25) is 29.0 Å². The molecule has 4 amide bonds. The van der Waals surface area contributed by atoms with Gasteiger partial charge in [0, 0.05) is 12.1 Å². The molecule has 2 unspecified atom stereocenters. The number of piperazine rings is 2. The Morgan fingerprint density at radius 1 is 0.591 bits per heavy atom. The first-order chi connectivity index (χ1) is 21.1. The molecule has 2 aliphatic heterocycles. The second-order valence-corrected chi connectivity index (χ2v) is 10.2. The fourth-order valence-electron chi connectivity index (χ4n) is 4.57. The van der Waals surface area contributed by atoms with Crippen LogP contribution < -0.4 is 9.47 Å². The summed E-state index contributed by atoms with van der Waals surface area (Å²) in [5.74, 6) is -2.71. The molecule has 2 aromatic rings. The highest BCUT2D eigenvalue weighted by Crippen LogP contribution is 2.18. The monoisotopic (exact) mass is 610 g/mol. The van der Waals surface area contributed by atoms with Gasteiger partial charge in [-0.05, 0) is 38.1 Å². The normalized spacial score (nSPS) is 17.7. The van der Waals surface area contributed by atoms with Gasteiger partial charge in [0.05, 0.1) is 26.2 Å². The average Bonchev–Trinajstić information content (AvgIpc) is 3.02. The van der Waals surface area contributed by atoms with E-state index < -0.39 is 61.1 Å². The number of ether oxygens (including phenoxy) is 4. The fraction of sp³-hybridized carbons (Fsp3) is 0.400. The maximum atomic E-state index is 12.8. The second kappa shape index (κ2) is 15.1. The molecule has 44 heavy (non-hydrogen) atoms. The van der Waals surface area contributed by atoms with E-state index in [0.29, 0.717) is 11.5 Å². The molecular formula is C30H34N4O10. The molecule has 14 nitrogen and oxygen atoms in total. The molecule has 0 saturated carbocycles. The Balaban J connectivity index is 1.20. The van der Waals surface area contributed by atoms with Gasteiger partial charge in [0.2, 0.25) is 23.6 Å². The number of carbonyl (C=O) groups is 6. The molecule has 0 radical (unpaired) electrons. The van der Waals surface area contributed by atoms with Crippen LogP contribution in [0.15, 0.2) is 60.7 Å². The van der Waals surface area contributed by atoms with E-state index in [1.807, 2.05) is 0 Å². The van der Waals surface area contributed by atoms with Crippen LogP contribution >= 0.6 is 0 Å². The van der Waals surface area contributed by atoms with Gasteiger partial charge >= 0.3 is 11.9 Å². The van der Waals surface area contributed by atoms with E-state index >= 15 is 0 Å². The minimum absolute atomic E-state index is 0.127. The van der Waals surface area contributed by atoms with E-state index in [4.69, 9.17) is 18.9 Å². The Morgan fingerprint density at radius 2 is 0.909 bits per heavy atom. The van der Waals surface area contributed by atoms with Gasteiger partial charge in [-0.15, -0.1) is 0 Å². The third-order valence-electron chi connectivity index (χ3n) is 7.32. The number of nitrogens with zero attached hydrogens (tertiary/aromatic N) is 4. The summed E-state index contributed by atoms with van der Waals surface area (Å²) in [6.07, 6.45) is 0. The third kappa shape index (κ3) is 8.61. The summed E-state index contributed by atoms with van der Waals surface area (Å²) in [5, 5.41) is 0. The summed E-state index contributed by atoms with van der Waals surface area (Å²) in [5.41, 5.74) is 0. The largest absolute Gasteiger partial charge is 0.482 e. The molecule has 2 saturated heterocycles. The van der Waals surface area contributed by atoms with Gasteiger partial charge in [0.1, 0.15) is 11.5 Å². The van der Waals surface area contributed by atoms with Gasteiger partial charge in [0.15, 0.2) is 26.7 Å². The number of para-hydroxylation sites is 2. The van der Waals surface area contributed by atoms with Gasteiger partial charge in [-0.2, -0.15) is 0 Å². The minimum atomic E-state index is -0.734. The first-order valence-electron chi connectivity index (χ1n) is 13.9. The Hall–Kier alpha value is -4.82. The zero-order valence-corrected chi connectivity index (χ0v) is 24.5. The van der Waals surface area contributed by atoms with E-state index in [9.17, 15) is 28.8 Å². The maximum Gasteiger partial charge on any atom is 0.345 e. The summed E-state index contributed by atoms with van der Waals surface area (Å²) in [4.78, 5) is 80.2. The Kier molecular flexibility index (Phi) is 11.0. The van der Waals surface area contributed by atoms with Crippen molar-refractivity contribution in [2.45, 2.75) is 25.9 Å². The molecule has 2 fully saturated rings. The number of esters is 2. The lowest BCUT2D eigenvalue weighted by molar-refractivity contribution is -0.169. The highest BCUT2D eigenvalue weighted by molar-refractivity contribution is 6.00. The van der Waals surface area contributed by atoms with Crippen LogP contribution in [0.25, 0.3) is 0 Å². The molecule has 2 aromatic carbocycles. The topological polar surface area (TPSA) is 152 Å². The number of amides is 4. The molecule has 0 bridgehead atoms. The standard InChI is InChI=1S/C30H34N4O10/c1-21(31-13-25(35)33(26(36)14-31)19-43-29(39)17-41-23-9-5-3-6-10-23)22(2)32-15-27(37)34(28(38)16-32)20-44-30(40)18-42-24-11-7-4-8-12-24/h3-12,21-22H,13-20H2,1-2H3. The minimum Gasteiger partial charge on any atom is -0.482 e. The lowest BCUT2D eigenvalue weighted by atomic mass is 10.1. The number of imide groups is 2. The average molecular weight is 611 g/mol. The highest BCUT2D eigenvalue weighted by atomic mass is 16.6. The molecule has 0 N–H and O–H groups in total. The Bertz CT molecular complexity index is 1220. The van der Waals surface area contributed by atoms with Crippen molar-refractivity contribution in [3.05, 3.63) is 60.7 Å². The summed E-state index contributed by atoms with van der Waals surface area (Å²) >= 11 is 0. The molecule has 2 atom stereocenters. The predicted octanol–water partition coefficient (Wildman–Crippen LogP) is 0.264. The fourth-order valence-corrected chi connectivity index (χ4v) is 4.57. The summed E-state index contributed by atoms with van der Waals surface area (Å²) < 4.78 is 20.7. The molecule has 14 heteroatoms. The van der Waals surface area contributed by atoms with Crippen LogP contribution in [0.3, 0.4) is 0 Å². The highest BCUT2D eigenvalue weighted by Gasteiger charge is 2.40. The number of rotatable bonds is 13. The van der Waals surface area contributed by atoms with Crippen molar-refractivity contribution in [3.8, 4) is 11.5 Å². The maximum absolute atomic E-state index is 12.8. The Morgan fingerprint density at radius 3 is 1.23 bits per heavy atom. The lowest BCUT2D eigenvalue weighted by Gasteiger charge is -2.43. The van der Waals surface area contributed by atoms with Crippen LogP contribution in [0, 0.1) is 0 Å². The molecular weight excluding hydrogens is 576 g/mol. The van der Waals surface area contributed by atoms with Crippen LogP contribution in [-0.4, -0.2) is 120 Å². The van der Waals surface area contributed by atoms with Crippen LogP contribution in [-0.2, 0) is 38.2 Å². The van der Waals surface area contributed by atoms with Crippen LogP contribution in [0.5, 0.6) is 11.5 Å². The first-order valence-corrected chi connectivity index (χ1v) is 13.9. The number of benzene rings is 2. The van der Waals surface area contributed by atoms with Crippen LogP contribution in [0.4, 0.5) is 0 Å². The quantitative estimate of drug-likeness (QED) is 0.226. The molecule has 0 aromatic heterocycles. The summed E-state index contributed by atoms with van der Waals surface area (Å²) in [6, 6.07) is 16.5. The first kappa shape index (κ1) is 32.1. The zero-order chi connectivity index (χ0) is 31.6. The summed E-state index contributed by atoms with van der Waals surface area (Å²) in [6.45, 7) is 1.26. The molecule has 0 aliphatic carbocycles. The molecule has 0 spiro atoms. The van der Waals surface area contributed by atoms with Gasteiger partial charge in [-0.1, -0.05) is 36.4 Å². The van der Waals surface area contributed by atoms with Crippen molar-refractivity contribution in [3.63, 3.8) is 0 Å². The van der Waals surface area contributed by atoms with Crippen molar-refractivity contribution >= 4 is 35.6 Å². The van der Waals surface area contributed by atoms with E-state index in [0.717, 1.165) is 9.80 Å². The van der Waals surface area contributed by atoms with Crippen LogP contribution in [0.1, 0.15) is 13.8 Å². The third-order valence-corrected chi connectivity index (χ3v) is 7.32. The van der Waals surface area contributed by atoms with E-state index in [1.165, 1.54) is 0 Å². The zero-order valence-electron chi connectivity index (χ0n) is 24.5. The van der Waals surface area contributed by atoms with Crippen molar-refractivity contribution < 1.29 is 47.7 Å². The lowest BCUT2D eigenvalue weighted by Crippen LogP contribution is -2.63. The van der Waals surface area contributed by atoms with Crippen molar-refractivity contribution in [2.24, 2.45) is 0 Å². The predicted molar refractivity (Wildman–Crippen MR) is 152 cm³/mol. The SMILES string of the molecule is CC(C(C)N1CC(=O)N(COC(=O)COc2ccccc2)C(=O)C1)N1CC(=O)N(COC(=O)COc2ccccc2)C(=O)C1. The van der Waals surface area contributed by atoms with E-state index in [2.05, 4.69) is 0 Å². The molecule has 2 heterocycles. The molecule has 234 valence electrons. The second-order valence-electron chi connectivity index (χ2n) is 10.2. The number of hydrogen-bond acceptors (Lipinski definition) is 12. The molecule has 4 rings (SSSR count). The van der Waals surface area contributed by atoms with Gasteiger partial charge in [0.25, 0.3) is 0 Å². The smallest absolute Gasteiger partial charge is 0.345 e. The number of hydrogen-bond donors (Lipinski definition) is 0. The van der Waals surface area contributed by atoms with Gasteiger partial charge < -0.3 is 18.9 Å². The van der Waals surface area contributed by atoms with E-state index in [1.54, 1.807) is 84.3 Å². The number of carbonyl (C=O) groups excluding carboxylic acids is 6. The van der Waals surface area contributed by atoms with Crippen molar-refractivity contribution in [1.82, 2.24) is 19.6 Å². The Labute approximate surface area is 254 Å². The van der Waals surface area contributed by atoms with E-state index in [-0.39, 0.29) is 39.4 Å². The van der Waals surface area contributed by atoms with Crippen molar-refractivity contribution in [1.29, 1.82) is 0 Å². The van der Waals surface area contributed by atoms with Crippen molar-refractivity contribution in [2.75, 3.05) is 52.9 Å². The summed E-state index contributed by atoms with van der Waals surface area (Å²) in [7, 11) is 0. The van der Waals surface area contributed by atoms with Gasteiger partial charge in [-0.25, -0.2) is 19.4 Å². The molecule has 2 aliphatic rings. The van der Waals surface area contributed by atoms with Crippen LogP contribution in [0.2, 0.25) is 0 Å².